The van der Waals surface area contributed by atoms with E-state index in [1.807, 2.05) is 36.6 Å². The maximum Gasteiger partial charge on any atom is 0.312 e. The highest BCUT2D eigenvalue weighted by Gasteiger charge is 2.22. The number of rotatable bonds is 6. The van der Waals surface area contributed by atoms with E-state index in [9.17, 15) is 14.0 Å². The lowest BCUT2D eigenvalue weighted by molar-refractivity contribution is -0.116. The van der Waals surface area contributed by atoms with Gasteiger partial charge in [-0.05, 0) is 42.3 Å². The second kappa shape index (κ2) is 8.57. The molecule has 0 unspecified atom stereocenters. The van der Waals surface area contributed by atoms with Crippen molar-refractivity contribution in [2.45, 2.75) is 19.4 Å². The lowest BCUT2D eigenvalue weighted by atomic mass is 9.98. The van der Waals surface area contributed by atoms with Crippen molar-refractivity contribution in [3.8, 4) is 11.3 Å². The molecule has 0 aliphatic heterocycles. The number of fused-ring (bicyclic) bond motifs is 1. The highest BCUT2D eigenvalue weighted by molar-refractivity contribution is 7.15. The minimum atomic E-state index is -0.711. The van der Waals surface area contributed by atoms with Crippen LogP contribution in [0.3, 0.4) is 0 Å². The molecule has 2 aromatic heterocycles. The summed E-state index contributed by atoms with van der Waals surface area (Å²) in [4.78, 5) is 29.8. The van der Waals surface area contributed by atoms with Crippen molar-refractivity contribution in [2.24, 2.45) is 5.73 Å². The largest absolute Gasteiger partial charge is 0.352 e. The summed E-state index contributed by atoms with van der Waals surface area (Å²) in [5.41, 5.74) is 8.30. The van der Waals surface area contributed by atoms with Crippen LogP contribution in [0.4, 0.5) is 15.0 Å². The van der Waals surface area contributed by atoms with Gasteiger partial charge in [0.05, 0.1) is 12.5 Å². The fraction of sp³-hybridized carbons (Fsp3) is 0.136. The van der Waals surface area contributed by atoms with Crippen LogP contribution in [0.25, 0.3) is 16.2 Å². The molecule has 3 amide bonds. The van der Waals surface area contributed by atoms with Gasteiger partial charge in [-0.3, -0.25) is 9.20 Å². The topological polar surface area (TPSA) is 102 Å². The fourth-order valence-corrected chi connectivity index (χ4v) is 4.18. The first-order valence-electron chi connectivity index (χ1n) is 9.55. The van der Waals surface area contributed by atoms with E-state index in [0.717, 1.165) is 11.1 Å². The number of aromatic nitrogens is 2. The molecule has 9 heteroatoms. The third-order valence-corrected chi connectivity index (χ3v) is 5.66. The van der Waals surface area contributed by atoms with Crippen LogP contribution in [-0.4, -0.2) is 21.3 Å². The molecule has 7 nitrogen and oxygen atoms in total. The number of nitrogens with zero attached hydrogens (tertiary/aromatic N) is 2. The molecule has 4 rings (SSSR count). The van der Waals surface area contributed by atoms with Gasteiger partial charge in [-0.25, -0.2) is 14.2 Å². The van der Waals surface area contributed by atoms with Gasteiger partial charge in [0.25, 0.3) is 0 Å². The van der Waals surface area contributed by atoms with Crippen molar-refractivity contribution in [3.05, 3.63) is 77.1 Å². The Morgan fingerprint density at radius 2 is 1.94 bits per heavy atom. The Morgan fingerprint density at radius 3 is 2.65 bits per heavy atom. The molecule has 0 aliphatic rings. The summed E-state index contributed by atoms with van der Waals surface area (Å²) in [7, 11) is 0. The number of carbonyl (C=O) groups excluding carboxylic acids is 2. The molecule has 0 fully saturated rings. The summed E-state index contributed by atoms with van der Waals surface area (Å²) in [5.74, 6) is -0.192. The van der Waals surface area contributed by atoms with Crippen molar-refractivity contribution < 1.29 is 14.0 Å². The van der Waals surface area contributed by atoms with E-state index in [0.29, 0.717) is 22.0 Å². The summed E-state index contributed by atoms with van der Waals surface area (Å²) in [6, 6.07) is 12.1. The van der Waals surface area contributed by atoms with Gasteiger partial charge in [0, 0.05) is 17.1 Å². The number of carbonyl (C=O) groups is 2. The highest BCUT2D eigenvalue weighted by atomic mass is 32.1. The Bertz CT molecular complexity index is 1250. The zero-order chi connectivity index (χ0) is 22.0. The summed E-state index contributed by atoms with van der Waals surface area (Å²) in [5, 5.41) is 7.41. The molecule has 0 bridgehead atoms. The molecule has 31 heavy (non-hydrogen) atoms. The van der Waals surface area contributed by atoms with E-state index in [1.165, 1.54) is 23.5 Å². The first kappa shape index (κ1) is 20.5. The zero-order valence-electron chi connectivity index (χ0n) is 16.6. The number of imidazole rings is 1. The monoisotopic (exact) mass is 437 g/mol. The van der Waals surface area contributed by atoms with Crippen molar-refractivity contribution in [1.82, 2.24) is 14.7 Å². The predicted octanol–water partition coefficient (Wildman–Crippen LogP) is 4.25. The molecule has 2 heterocycles. The van der Waals surface area contributed by atoms with E-state index in [-0.39, 0.29) is 18.1 Å². The van der Waals surface area contributed by atoms with Crippen LogP contribution in [0, 0.1) is 12.7 Å². The van der Waals surface area contributed by atoms with Gasteiger partial charge in [0.1, 0.15) is 17.3 Å². The number of anilines is 1. The molecular formula is C22H20FN5O2S. The summed E-state index contributed by atoms with van der Waals surface area (Å²) >= 11 is 1.42. The van der Waals surface area contributed by atoms with Crippen molar-refractivity contribution >= 4 is 34.1 Å². The lowest BCUT2D eigenvalue weighted by Crippen LogP contribution is -2.35. The molecule has 0 radical (unpaired) electrons. The predicted molar refractivity (Wildman–Crippen MR) is 118 cm³/mol. The first-order chi connectivity index (χ1) is 14.9. The molecule has 0 spiro atoms. The number of primary amides is 1. The number of urea groups is 1. The summed E-state index contributed by atoms with van der Waals surface area (Å²) in [6.07, 6.45) is 1.78. The van der Waals surface area contributed by atoms with Gasteiger partial charge in [-0.1, -0.05) is 24.3 Å². The summed E-state index contributed by atoms with van der Waals surface area (Å²) in [6.45, 7) is 1.90. The SMILES string of the molecule is Cc1ccccc1[C@@H](CC(=O)Nc1c(-c2ccc(F)cc2)nc2sccn12)NC(N)=O. The van der Waals surface area contributed by atoms with Gasteiger partial charge < -0.3 is 16.4 Å². The molecule has 0 saturated heterocycles. The first-order valence-corrected chi connectivity index (χ1v) is 10.4. The number of hydrogen-bond acceptors (Lipinski definition) is 4. The molecule has 1 atom stereocenters. The Hall–Kier alpha value is -3.72. The molecule has 0 aliphatic carbocycles. The van der Waals surface area contributed by atoms with Crippen molar-refractivity contribution in [3.63, 3.8) is 0 Å². The number of amides is 3. The normalized spacial score (nSPS) is 11.9. The lowest BCUT2D eigenvalue weighted by Gasteiger charge is -2.19. The van der Waals surface area contributed by atoms with E-state index >= 15 is 0 Å². The molecule has 4 N–H and O–H groups in total. The van der Waals surface area contributed by atoms with E-state index in [4.69, 9.17) is 5.73 Å². The van der Waals surface area contributed by atoms with E-state index in [2.05, 4.69) is 15.6 Å². The van der Waals surface area contributed by atoms with Crippen molar-refractivity contribution in [1.29, 1.82) is 0 Å². The number of halogens is 1. The number of nitrogens with two attached hydrogens (primary N) is 1. The van der Waals surface area contributed by atoms with Crippen LogP contribution in [0.2, 0.25) is 0 Å². The number of hydrogen-bond donors (Lipinski definition) is 3. The standard InChI is InChI=1S/C22H20FN5O2S/c1-13-4-2-3-5-16(13)17(25-21(24)30)12-18(29)26-20-19(14-6-8-15(23)9-7-14)27-22-28(20)10-11-31-22/h2-11,17H,12H2,1H3,(H,26,29)(H3,24,25,30)/t17-/m1/s1. The molecule has 0 saturated carbocycles. The van der Waals surface area contributed by atoms with Crippen LogP contribution in [0.5, 0.6) is 0 Å². The van der Waals surface area contributed by atoms with E-state index < -0.39 is 12.1 Å². The zero-order valence-corrected chi connectivity index (χ0v) is 17.4. The number of aryl methyl sites for hydroxylation is 1. The Morgan fingerprint density at radius 1 is 1.19 bits per heavy atom. The molecular weight excluding hydrogens is 417 g/mol. The molecule has 4 aromatic rings. The van der Waals surface area contributed by atoms with E-state index in [1.54, 1.807) is 22.7 Å². The van der Waals surface area contributed by atoms with Gasteiger partial charge in [0.2, 0.25) is 5.91 Å². The fourth-order valence-electron chi connectivity index (χ4n) is 3.47. The van der Waals surface area contributed by atoms with Gasteiger partial charge >= 0.3 is 6.03 Å². The Labute approximate surface area is 181 Å². The van der Waals surface area contributed by atoms with Crippen LogP contribution < -0.4 is 16.4 Å². The Balaban J connectivity index is 1.64. The number of thiazole rings is 1. The van der Waals surface area contributed by atoms with Crippen LogP contribution >= 0.6 is 11.3 Å². The van der Waals surface area contributed by atoms with Gasteiger partial charge in [0.15, 0.2) is 4.96 Å². The summed E-state index contributed by atoms with van der Waals surface area (Å²) < 4.78 is 15.1. The average molecular weight is 438 g/mol. The Kier molecular flexibility index (Phi) is 5.68. The van der Waals surface area contributed by atoms with Crippen molar-refractivity contribution in [2.75, 3.05) is 5.32 Å². The third-order valence-electron chi connectivity index (χ3n) is 4.91. The second-order valence-corrected chi connectivity index (χ2v) is 7.91. The smallest absolute Gasteiger partial charge is 0.312 e. The highest BCUT2D eigenvalue weighted by Crippen LogP contribution is 2.31. The number of benzene rings is 2. The van der Waals surface area contributed by atoms with Crippen LogP contribution in [0.1, 0.15) is 23.6 Å². The maximum absolute atomic E-state index is 13.4. The van der Waals surface area contributed by atoms with Gasteiger partial charge in [-0.15, -0.1) is 11.3 Å². The molecule has 158 valence electrons. The maximum atomic E-state index is 13.4. The second-order valence-electron chi connectivity index (χ2n) is 7.04. The minimum Gasteiger partial charge on any atom is -0.352 e. The van der Waals surface area contributed by atoms with Crippen LogP contribution in [-0.2, 0) is 4.79 Å². The number of nitrogens with one attached hydrogen (secondary N) is 2. The van der Waals surface area contributed by atoms with Crippen LogP contribution in [0.15, 0.2) is 60.1 Å². The average Bonchev–Trinajstić information content (AvgIpc) is 3.31. The minimum absolute atomic E-state index is 0.0198. The third kappa shape index (κ3) is 4.41. The molecule has 2 aromatic carbocycles. The van der Waals surface area contributed by atoms with Gasteiger partial charge in [-0.2, -0.15) is 0 Å². The quantitative estimate of drug-likeness (QED) is 0.420.